The number of hydrogen-bond donors (Lipinski definition) is 2. The van der Waals surface area contributed by atoms with Crippen LogP contribution in [-0.4, -0.2) is 29.7 Å². The van der Waals surface area contributed by atoms with Gasteiger partial charge in [0, 0.05) is 31.1 Å². The molecular weight excluding hydrogens is 298 g/mol. The number of nitrogens with one attached hydrogen (secondary N) is 1. The number of hydrogen-bond acceptors (Lipinski definition) is 6. The maximum Gasteiger partial charge on any atom is 0.245 e. The Bertz CT molecular complexity index is 689. The number of aromatic nitrogens is 3. The number of thiazole rings is 1. The molecule has 0 aromatic carbocycles. The Labute approximate surface area is 121 Å². The molecule has 0 fully saturated rings. The summed E-state index contributed by atoms with van der Waals surface area (Å²) in [5.74, 6) is 0.0175. The third-order valence-electron chi connectivity index (χ3n) is 2.71. The standard InChI is InChI=1S/C11H17N5O2S2/c1-3-16-6-10(11(12)15-16)20(17,18)13-5-4-9-7-19-8(2)14-9/h6-7,13H,3-5H2,1-2H3,(H2,12,15). The van der Waals surface area contributed by atoms with E-state index in [0.717, 1.165) is 10.7 Å². The van der Waals surface area contributed by atoms with Crippen LogP contribution in [-0.2, 0) is 23.0 Å². The molecule has 0 aliphatic heterocycles. The highest BCUT2D eigenvalue weighted by Crippen LogP contribution is 2.16. The van der Waals surface area contributed by atoms with Crippen LogP contribution < -0.4 is 10.5 Å². The minimum atomic E-state index is -3.63. The quantitative estimate of drug-likeness (QED) is 0.819. The Morgan fingerprint density at radius 3 is 2.80 bits per heavy atom. The molecule has 0 bridgehead atoms. The molecule has 0 unspecified atom stereocenters. The maximum atomic E-state index is 12.1. The first-order chi connectivity index (χ1) is 9.42. The van der Waals surface area contributed by atoms with Gasteiger partial charge in [0.2, 0.25) is 10.0 Å². The second-order valence-corrected chi connectivity index (χ2v) is 7.04. The summed E-state index contributed by atoms with van der Waals surface area (Å²) in [6.07, 6.45) is 1.98. The van der Waals surface area contributed by atoms with Gasteiger partial charge in [-0.15, -0.1) is 11.3 Å². The Hall–Kier alpha value is -1.45. The lowest BCUT2D eigenvalue weighted by atomic mass is 10.3. The SMILES string of the molecule is CCn1cc(S(=O)(=O)NCCc2csc(C)n2)c(N)n1. The van der Waals surface area contributed by atoms with Crippen molar-refractivity contribution in [2.45, 2.75) is 31.7 Å². The van der Waals surface area contributed by atoms with E-state index >= 15 is 0 Å². The van der Waals surface area contributed by atoms with Crippen molar-refractivity contribution in [2.24, 2.45) is 0 Å². The molecule has 0 amide bonds. The van der Waals surface area contributed by atoms with E-state index in [1.807, 2.05) is 19.2 Å². The molecule has 0 saturated heterocycles. The number of nitrogens with two attached hydrogens (primary N) is 1. The number of nitrogens with zero attached hydrogens (tertiary/aromatic N) is 3. The topological polar surface area (TPSA) is 103 Å². The summed E-state index contributed by atoms with van der Waals surface area (Å²) >= 11 is 1.55. The monoisotopic (exact) mass is 315 g/mol. The fraction of sp³-hybridized carbons (Fsp3) is 0.455. The van der Waals surface area contributed by atoms with Crippen molar-refractivity contribution in [3.63, 3.8) is 0 Å². The zero-order valence-corrected chi connectivity index (χ0v) is 13.0. The Balaban J connectivity index is 2.01. The maximum absolute atomic E-state index is 12.1. The molecule has 2 rings (SSSR count). The first-order valence-electron chi connectivity index (χ1n) is 6.16. The molecule has 0 aliphatic rings. The van der Waals surface area contributed by atoms with E-state index in [9.17, 15) is 8.42 Å². The van der Waals surface area contributed by atoms with Crippen LogP contribution in [0.1, 0.15) is 17.6 Å². The fourth-order valence-electron chi connectivity index (χ4n) is 1.70. The van der Waals surface area contributed by atoms with Crippen molar-refractivity contribution in [1.29, 1.82) is 0 Å². The first-order valence-corrected chi connectivity index (χ1v) is 8.52. The van der Waals surface area contributed by atoms with Crippen LogP contribution in [0.2, 0.25) is 0 Å². The lowest BCUT2D eigenvalue weighted by Gasteiger charge is -2.04. The molecule has 2 aromatic heterocycles. The highest BCUT2D eigenvalue weighted by atomic mass is 32.2. The second kappa shape index (κ2) is 5.90. The number of sulfonamides is 1. The van der Waals surface area contributed by atoms with Gasteiger partial charge in [-0.05, 0) is 13.8 Å². The molecule has 110 valence electrons. The molecule has 0 atom stereocenters. The molecular formula is C11H17N5O2S2. The van der Waals surface area contributed by atoms with Gasteiger partial charge in [-0.3, -0.25) is 4.68 Å². The first kappa shape index (κ1) is 14.9. The van der Waals surface area contributed by atoms with Crippen LogP contribution in [0.3, 0.4) is 0 Å². The van der Waals surface area contributed by atoms with Crippen molar-refractivity contribution in [2.75, 3.05) is 12.3 Å². The smallest absolute Gasteiger partial charge is 0.245 e. The predicted octanol–water partition coefficient (Wildman–Crippen LogP) is 0.771. The lowest BCUT2D eigenvalue weighted by Crippen LogP contribution is -2.26. The van der Waals surface area contributed by atoms with Crippen LogP contribution >= 0.6 is 11.3 Å². The van der Waals surface area contributed by atoms with Gasteiger partial charge in [-0.1, -0.05) is 0 Å². The van der Waals surface area contributed by atoms with E-state index in [-0.39, 0.29) is 17.3 Å². The van der Waals surface area contributed by atoms with Crippen LogP contribution in [0.15, 0.2) is 16.5 Å². The molecule has 2 aromatic rings. The molecule has 0 radical (unpaired) electrons. The number of rotatable bonds is 6. The molecule has 0 aliphatic carbocycles. The average Bonchev–Trinajstić information content (AvgIpc) is 2.95. The highest BCUT2D eigenvalue weighted by molar-refractivity contribution is 7.89. The van der Waals surface area contributed by atoms with Crippen molar-refractivity contribution in [3.05, 3.63) is 22.3 Å². The molecule has 0 spiro atoms. The van der Waals surface area contributed by atoms with Gasteiger partial charge >= 0.3 is 0 Å². The van der Waals surface area contributed by atoms with Gasteiger partial charge in [0.25, 0.3) is 0 Å². The summed E-state index contributed by atoms with van der Waals surface area (Å²) in [5.41, 5.74) is 6.51. The molecule has 7 nitrogen and oxygen atoms in total. The van der Waals surface area contributed by atoms with Crippen LogP contribution in [0.25, 0.3) is 0 Å². The van der Waals surface area contributed by atoms with E-state index in [1.54, 1.807) is 11.3 Å². The normalized spacial score (nSPS) is 11.9. The van der Waals surface area contributed by atoms with Gasteiger partial charge in [0.05, 0.1) is 10.7 Å². The highest BCUT2D eigenvalue weighted by Gasteiger charge is 2.20. The van der Waals surface area contributed by atoms with Gasteiger partial charge in [0.1, 0.15) is 4.90 Å². The van der Waals surface area contributed by atoms with E-state index in [0.29, 0.717) is 13.0 Å². The van der Waals surface area contributed by atoms with Gasteiger partial charge in [0.15, 0.2) is 5.82 Å². The van der Waals surface area contributed by atoms with Crippen molar-refractivity contribution in [1.82, 2.24) is 19.5 Å². The van der Waals surface area contributed by atoms with Crippen LogP contribution in [0.4, 0.5) is 5.82 Å². The number of nitrogen functional groups attached to an aromatic ring is 1. The Kier molecular flexibility index (Phi) is 4.41. The lowest BCUT2D eigenvalue weighted by molar-refractivity contribution is 0.581. The molecule has 20 heavy (non-hydrogen) atoms. The molecule has 0 saturated carbocycles. The van der Waals surface area contributed by atoms with E-state index < -0.39 is 10.0 Å². The zero-order chi connectivity index (χ0) is 14.8. The van der Waals surface area contributed by atoms with Crippen LogP contribution in [0.5, 0.6) is 0 Å². The largest absolute Gasteiger partial charge is 0.381 e. The van der Waals surface area contributed by atoms with Gasteiger partial charge in [-0.25, -0.2) is 18.1 Å². The van der Waals surface area contributed by atoms with Crippen molar-refractivity contribution in [3.8, 4) is 0 Å². The minimum absolute atomic E-state index is 0.0175. The number of aryl methyl sites for hydroxylation is 2. The zero-order valence-electron chi connectivity index (χ0n) is 11.3. The summed E-state index contributed by atoms with van der Waals surface area (Å²) in [6, 6.07) is 0. The molecule has 9 heteroatoms. The average molecular weight is 315 g/mol. The van der Waals surface area contributed by atoms with Gasteiger partial charge < -0.3 is 5.73 Å². The summed E-state index contributed by atoms with van der Waals surface area (Å²) in [4.78, 5) is 4.30. The Morgan fingerprint density at radius 1 is 1.50 bits per heavy atom. The summed E-state index contributed by atoms with van der Waals surface area (Å²) in [5, 5.41) is 6.82. The van der Waals surface area contributed by atoms with E-state index in [1.165, 1.54) is 10.9 Å². The fourth-order valence-corrected chi connectivity index (χ4v) is 3.45. The van der Waals surface area contributed by atoms with Crippen molar-refractivity contribution < 1.29 is 8.42 Å². The summed E-state index contributed by atoms with van der Waals surface area (Å²) in [6.45, 7) is 4.62. The van der Waals surface area contributed by atoms with E-state index in [4.69, 9.17) is 5.73 Å². The minimum Gasteiger partial charge on any atom is -0.381 e. The molecule has 3 N–H and O–H groups in total. The van der Waals surface area contributed by atoms with Crippen molar-refractivity contribution >= 4 is 27.2 Å². The second-order valence-electron chi connectivity index (χ2n) is 4.24. The van der Waals surface area contributed by atoms with E-state index in [2.05, 4.69) is 14.8 Å². The summed E-state index contributed by atoms with van der Waals surface area (Å²) in [7, 11) is -3.63. The summed E-state index contributed by atoms with van der Waals surface area (Å²) < 4.78 is 28.2. The van der Waals surface area contributed by atoms with Crippen LogP contribution in [0, 0.1) is 6.92 Å². The number of anilines is 1. The third-order valence-corrected chi connectivity index (χ3v) is 5.01. The predicted molar refractivity (Wildman–Crippen MR) is 78.1 cm³/mol. The Morgan fingerprint density at radius 2 is 2.25 bits per heavy atom. The molecule has 2 heterocycles. The third kappa shape index (κ3) is 3.35. The van der Waals surface area contributed by atoms with Gasteiger partial charge in [-0.2, -0.15) is 5.10 Å².